The monoisotopic (exact) mass is 212 g/mol. The van der Waals surface area contributed by atoms with E-state index >= 15 is 0 Å². The van der Waals surface area contributed by atoms with Crippen LogP contribution in [0.5, 0.6) is 0 Å². The maximum absolute atomic E-state index is 13.3. The van der Waals surface area contributed by atoms with Crippen LogP contribution in [-0.4, -0.2) is 13.2 Å². The van der Waals surface area contributed by atoms with Crippen molar-refractivity contribution in [3.05, 3.63) is 35.1 Å². The van der Waals surface area contributed by atoms with Gasteiger partial charge in [-0.25, -0.2) is 4.39 Å². The van der Waals surface area contributed by atoms with Crippen LogP contribution in [0.3, 0.4) is 0 Å². The molecule has 0 aromatic heterocycles. The Bertz CT molecular complexity index is 330. The molecule has 0 spiro atoms. The molecule has 0 saturated carbocycles. The third-order valence-electron chi connectivity index (χ3n) is 2.58. The molecule has 2 unspecified atom stereocenters. The SMILES string of the molecule is COC(C)C(NN)c1ccc(C)c(F)c1. The summed E-state index contributed by atoms with van der Waals surface area (Å²) < 4.78 is 18.5. The maximum Gasteiger partial charge on any atom is 0.126 e. The molecule has 1 aromatic rings. The van der Waals surface area contributed by atoms with Gasteiger partial charge in [0.2, 0.25) is 0 Å². The Morgan fingerprint density at radius 1 is 1.47 bits per heavy atom. The highest BCUT2D eigenvalue weighted by Gasteiger charge is 2.18. The van der Waals surface area contributed by atoms with E-state index in [2.05, 4.69) is 5.43 Å². The highest BCUT2D eigenvalue weighted by molar-refractivity contribution is 5.26. The number of nitrogens with two attached hydrogens (primary N) is 1. The summed E-state index contributed by atoms with van der Waals surface area (Å²) in [5.41, 5.74) is 4.04. The summed E-state index contributed by atoms with van der Waals surface area (Å²) in [7, 11) is 1.60. The largest absolute Gasteiger partial charge is 0.380 e. The summed E-state index contributed by atoms with van der Waals surface area (Å²) in [5, 5.41) is 0. The minimum atomic E-state index is -0.226. The molecule has 0 bridgehead atoms. The molecule has 0 aliphatic carbocycles. The second-order valence-corrected chi connectivity index (χ2v) is 3.59. The number of rotatable bonds is 4. The molecule has 3 nitrogen and oxygen atoms in total. The van der Waals surface area contributed by atoms with E-state index in [1.807, 2.05) is 13.0 Å². The standard InChI is InChI=1S/C11H17FN2O/c1-7-4-5-9(6-10(7)12)11(14-13)8(2)15-3/h4-6,8,11,14H,13H2,1-3H3. The van der Waals surface area contributed by atoms with E-state index in [-0.39, 0.29) is 18.0 Å². The number of halogens is 1. The first-order valence-corrected chi connectivity index (χ1v) is 4.85. The van der Waals surface area contributed by atoms with E-state index in [4.69, 9.17) is 10.6 Å². The fourth-order valence-corrected chi connectivity index (χ4v) is 1.44. The molecule has 0 fully saturated rings. The van der Waals surface area contributed by atoms with Crippen LogP contribution in [0.4, 0.5) is 4.39 Å². The molecule has 0 saturated heterocycles. The number of hydrazine groups is 1. The molecule has 1 rings (SSSR count). The molecule has 4 heteroatoms. The first-order valence-electron chi connectivity index (χ1n) is 4.85. The van der Waals surface area contributed by atoms with Crippen molar-refractivity contribution in [3.8, 4) is 0 Å². The van der Waals surface area contributed by atoms with Crippen molar-refractivity contribution in [2.24, 2.45) is 5.84 Å². The molecule has 15 heavy (non-hydrogen) atoms. The molecule has 1 aromatic carbocycles. The third kappa shape index (κ3) is 2.75. The highest BCUT2D eigenvalue weighted by atomic mass is 19.1. The Kier molecular flexibility index (Phi) is 4.20. The van der Waals surface area contributed by atoms with Gasteiger partial charge in [0.1, 0.15) is 5.82 Å². The molecular weight excluding hydrogens is 195 g/mol. The zero-order valence-electron chi connectivity index (χ0n) is 9.25. The van der Waals surface area contributed by atoms with Gasteiger partial charge in [0.05, 0.1) is 12.1 Å². The van der Waals surface area contributed by atoms with Gasteiger partial charge in [-0.1, -0.05) is 12.1 Å². The van der Waals surface area contributed by atoms with Crippen LogP contribution in [-0.2, 0) is 4.74 Å². The predicted molar refractivity (Wildman–Crippen MR) is 57.7 cm³/mol. The summed E-state index contributed by atoms with van der Waals surface area (Å²) in [6.07, 6.45) is -0.114. The number of nitrogens with one attached hydrogen (secondary N) is 1. The fraction of sp³-hybridized carbons (Fsp3) is 0.455. The van der Waals surface area contributed by atoms with Gasteiger partial charge in [-0.05, 0) is 31.0 Å². The normalized spacial score (nSPS) is 15.0. The number of benzene rings is 1. The van der Waals surface area contributed by atoms with Crippen molar-refractivity contribution in [3.63, 3.8) is 0 Å². The number of methoxy groups -OCH3 is 1. The molecule has 2 atom stereocenters. The van der Waals surface area contributed by atoms with Gasteiger partial charge in [0.15, 0.2) is 0 Å². The number of aryl methyl sites for hydroxylation is 1. The lowest BCUT2D eigenvalue weighted by Crippen LogP contribution is -2.36. The Hall–Kier alpha value is -0.970. The van der Waals surface area contributed by atoms with Crippen LogP contribution >= 0.6 is 0 Å². The number of ether oxygens (including phenoxy) is 1. The molecule has 0 aliphatic heterocycles. The molecule has 0 aliphatic rings. The van der Waals surface area contributed by atoms with Crippen molar-refractivity contribution < 1.29 is 9.13 Å². The van der Waals surface area contributed by atoms with E-state index in [0.717, 1.165) is 5.56 Å². The molecule has 0 heterocycles. The summed E-state index contributed by atoms with van der Waals surface area (Å²) in [4.78, 5) is 0. The van der Waals surface area contributed by atoms with Crippen molar-refractivity contribution >= 4 is 0 Å². The first-order chi connectivity index (χ1) is 7.10. The summed E-state index contributed by atoms with van der Waals surface area (Å²) in [6.45, 7) is 3.60. The molecular formula is C11H17FN2O. The molecule has 3 N–H and O–H groups in total. The topological polar surface area (TPSA) is 47.3 Å². The lowest BCUT2D eigenvalue weighted by molar-refractivity contribution is 0.0830. The predicted octanol–water partition coefficient (Wildman–Crippen LogP) is 1.67. The first kappa shape index (κ1) is 12.1. The van der Waals surface area contributed by atoms with Crippen molar-refractivity contribution in [2.75, 3.05) is 7.11 Å². The zero-order valence-corrected chi connectivity index (χ0v) is 9.25. The van der Waals surface area contributed by atoms with Gasteiger partial charge in [-0.3, -0.25) is 11.3 Å². The summed E-state index contributed by atoms with van der Waals surface area (Å²) in [6, 6.07) is 4.86. The van der Waals surface area contributed by atoms with Gasteiger partial charge in [-0.15, -0.1) is 0 Å². The van der Waals surface area contributed by atoms with Gasteiger partial charge < -0.3 is 4.74 Å². The Morgan fingerprint density at radius 2 is 2.13 bits per heavy atom. The fourth-order valence-electron chi connectivity index (χ4n) is 1.44. The van der Waals surface area contributed by atoms with Gasteiger partial charge in [0, 0.05) is 7.11 Å². The van der Waals surface area contributed by atoms with E-state index in [0.29, 0.717) is 5.56 Å². The van der Waals surface area contributed by atoms with Crippen LogP contribution in [0.2, 0.25) is 0 Å². The quantitative estimate of drug-likeness (QED) is 0.589. The van der Waals surface area contributed by atoms with Crippen molar-refractivity contribution in [2.45, 2.75) is 26.0 Å². The van der Waals surface area contributed by atoms with Gasteiger partial charge in [0.25, 0.3) is 0 Å². The lowest BCUT2D eigenvalue weighted by Gasteiger charge is -2.22. The third-order valence-corrected chi connectivity index (χ3v) is 2.58. The lowest BCUT2D eigenvalue weighted by atomic mass is 10.0. The van der Waals surface area contributed by atoms with Crippen LogP contribution in [0, 0.1) is 12.7 Å². The molecule has 0 radical (unpaired) electrons. The van der Waals surface area contributed by atoms with Crippen molar-refractivity contribution in [1.82, 2.24) is 5.43 Å². The van der Waals surface area contributed by atoms with Crippen LogP contribution in [0.25, 0.3) is 0 Å². The minimum absolute atomic E-state index is 0.114. The number of hydrogen-bond donors (Lipinski definition) is 2. The van der Waals surface area contributed by atoms with E-state index in [1.165, 1.54) is 6.07 Å². The summed E-state index contributed by atoms with van der Waals surface area (Å²) in [5.74, 6) is 5.19. The Morgan fingerprint density at radius 3 is 2.60 bits per heavy atom. The second-order valence-electron chi connectivity index (χ2n) is 3.59. The molecule has 0 amide bonds. The van der Waals surface area contributed by atoms with Crippen molar-refractivity contribution in [1.29, 1.82) is 0 Å². The average Bonchev–Trinajstić information content (AvgIpc) is 2.24. The highest BCUT2D eigenvalue weighted by Crippen LogP contribution is 2.20. The summed E-state index contributed by atoms with van der Waals surface area (Å²) >= 11 is 0. The van der Waals surface area contributed by atoms with Gasteiger partial charge >= 0.3 is 0 Å². The Balaban J connectivity index is 2.97. The second kappa shape index (κ2) is 5.21. The van der Waals surface area contributed by atoms with E-state index in [9.17, 15) is 4.39 Å². The van der Waals surface area contributed by atoms with Gasteiger partial charge in [-0.2, -0.15) is 0 Å². The Labute approximate surface area is 89.4 Å². The zero-order chi connectivity index (χ0) is 11.4. The van der Waals surface area contributed by atoms with Crippen LogP contribution < -0.4 is 11.3 Å². The molecule has 84 valence electrons. The smallest absolute Gasteiger partial charge is 0.126 e. The van der Waals surface area contributed by atoms with E-state index < -0.39 is 0 Å². The van der Waals surface area contributed by atoms with E-state index in [1.54, 1.807) is 20.1 Å². The minimum Gasteiger partial charge on any atom is -0.380 e. The van der Waals surface area contributed by atoms with Crippen LogP contribution in [0.1, 0.15) is 24.1 Å². The maximum atomic E-state index is 13.3. The average molecular weight is 212 g/mol. The number of hydrogen-bond acceptors (Lipinski definition) is 3. The van der Waals surface area contributed by atoms with Crippen LogP contribution in [0.15, 0.2) is 18.2 Å².